The Morgan fingerprint density at radius 1 is 1.12 bits per heavy atom. The predicted octanol–water partition coefficient (Wildman–Crippen LogP) is 2.20. The van der Waals surface area contributed by atoms with E-state index >= 15 is 0 Å². The lowest BCUT2D eigenvalue weighted by molar-refractivity contribution is 0.179. The van der Waals surface area contributed by atoms with Crippen molar-refractivity contribution in [3.8, 4) is 0 Å². The maximum absolute atomic E-state index is 3.53. The fourth-order valence-corrected chi connectivity index (χ4v) is 4.04. The molecule has 1 saturated heterocycles. The van der Waals surface area contributed by atoms with E-state index in [1.807, 2.05) is 0 Å². The summed E-state index contributed by atoms with van der Waals surface area (Å²) in [5, 5.41) is 3.53. The van der Waals surface area contributed by atoms with Gasteiger partial charge in [-0.3, -0.25) is 0 Å². The molecule has 0 aromatic rings. The standard InChI is InChI=1S/C13H26N2S/c1-14-13-6-3-2-5-12(13)11-15-7-4-9-16-10-8-15/h12-14H,2-11H2,1H3. The molecule has 2 unspecified atom stereocenters. The molecular weight excluding hydrogens is 216 g/mol. The Labute approximate surface area is 105 Å². The van der Waals surface area contributed by atoms with Crippen LogP contribution in [0.3, 0.4) is 0 Å². The quantitative estimate of drug-likeness (QED) is 0.817. The lowest BCUT2D eigenvalue weighted by Gasteiger charge is -2.35. The Kier molecular flexibility index (Phi) is 5.46. The number of thioether (sulfide) groups is 1. The summed E-state index contributed by atoms with van der Waals surface area (Å²) in [6.45, 7) is 3.99. The summed E-state index contributed by atoms with van der Waals surface area (Å²) in [7, 11) is 2.14. The van der Waals surface area contributed by atoms with Gasteiger partial charge in [0.1, 0.15) is 0 Å². The smallest absolute Gasteiger partial charge is 0.0104 e. The molecule has 2 atom stereocenters. The van der Waals surface area contributed by atoms with E-state index in [-0.39, 0.29) is 0 Å². The predicted molar refractivity (Wildman–Crippen MR) is 73.2 cm³/mol. The maximum atomic E-state index is 3.53. The molecular formula is C13H26N2S. The van der Waals surface area contributed by atoms with E-state index in [4.69, 9.17) is 0 Å². The van der Waals surface area contributed by atoms with Crippen LogP contribution in [0.25, 0.3) is 0 Å². The highest BCUT2D eigenvalue weighted by Gasteiger charge is 2.25. The van der Waals surface area contributed by atoms with Gasteiger partial charge in [0.15, 0.2) is 0 Å². The summed E-state index contributed by atoms with van der Waals surface area (Å²) >= 11 is 2.13. The molecule has 2 nitrogen and oxygen atoms in total. The molecule has 94 valence electrons. The summed E-state index contributed by atoms with van der Waals surface area (Å²) in [6.07, 6.45) is 7.10. The van der Waals surface area contributed by atoms with E-state index in [0.29, 0.717) is 0 Å². The van der Waals surface area contributed by atoms with Crippen molar-refractivity contribution in [3.05, 3.63) is 0 Å². The van der Waals surface area contributed by atoms with Gasteiger partial charge in [0.05, 0.1) is 0 Å². The van der Waals surface area contributed by atoms with Crippen LogP contribution >= 0.6 is 11.8 Å². The number of hydrogen-bond acceptors (Lipinski definition) is 3. The van der Waals surface area contributed by atoms with Crippen molar-refractivity contribution in [1.29, 1.82) is 0 Å². The molecule has 2 rings (SSSR count). The van der Waals surface area contributed by atoms with Gasteiger partial charge in [0.2, 0.25) is 0 Å². The number of nitrogens with zero attached hydrogens (tertiary/aromatic N) is 1. The van der Waals surface area contributed by atoms with Crippen LogP contribution in [0.1, 0.15) is 32.1 Å². The fraction of sp³-hybridized carbons (Fsp3) is 1.00. The minimum Gasteiger partial charge on any atom is -0.317 e. The monoisotopic (exact) mass is 242 g/mol. The van der Waals surface area contributed by atoms with Crippen molar-refractivity contribution in [2.24, 2.45) is 5.92 Å². The minimum atomic E-state index is 0.782. The van der Waals surface area contributed by atoms with E-state index in [0.717, 1.165) is 12.0 Å². The first-order valence-corrected chi connectivity index (χ1v) is 8.03. The fourth-order valence-electron chi connectivity index (χ4n) is 3.12. The minimum absolute atomic E-state index is 0.782. The van der Waals surface area contributed by atoms with Crippen molar-refractivity contribution in [3.63, 3.8) is 0 Å². The highest BCUT2D eigenvalue weighted by molar-refractivity contribution is 7.99. The van der Waals surface area contributed by atoms with Gasteiger partial charge in [-0.2, -0.15) is 11.8 Å². The number of rotatable bonds is 3. The number of nitrogens with one attached hydrogen (secondary N) is 1. The lowest BCUT2D eigenvalue weighted by Crippen LogP contribution is -2.43. The van der Waals surface area contributed by atoms with Crippen molar-refractivity contribution in [1.82, 2.24) is 10.2 Å². The van der Waals surface area contributed by atoms with Crippen molar-refractivity contribution in [2.45, 2.75) is 38.1 Å². The van der Waals surface area contributed by atoms with E-state index in [1.165, 1.54) is 63.2 Å². The van der Waals surface area contributed by atoms with Gasteiger partial charge >= 0.3 is 0 Å². The van der Waals surface area contributed by atoms with E-state index < -0.39 is 0 Å². The van der Waals surface area contributed by atoms with Crippen LogP contribution in [0.2, 0.25) is 0 Å². The summed E-state index contributed by atoms with van der Waals surface area (Å²) in [6, 6.07) is 0.782. The Morgan fingerprint density at radius 2 is 2.00 bits per heavy atom. The van der Waals surface area contributed by atoms with Crippen molar-refractivity contribution < 1.29 is 0 Å². The molecule has 0 spiro atoms. The lowest BCUT2D eigenvalue weighted by atomic mass is 9.84. The van der Waals surface area contributed by atoms with Gasteiger partial charge in [-0.1, -0.05) is 12.8 Å². The molecule has 16 heavy (non-hydrogen) atoms. The number of hydrogen-bond donors (Lipinski definition) is 1. The molecule has 1 saturated carbocycles. The van der Waals surface area contributed by atoms with Crippen LogP contribution in [-0.4, -0.2) is 49.1 Å². The van der Waals surface area contributed by atoms with E-state index in [2.05, 4.69) is 29.0 Å². The molecule has 0 aromatic heterocycles. The van der Waals surface area contributed by atoms with Gasteiger partial charge in [-0.15, -0.1) is 0 Å². The van der Waals surface area contributed by atoms with E-state index in [1.54, 1.807) is 0 Å². The van der Waals surface area contributed by atoms with Gasteiger partial charge in [-0.05, 0) is 44.5 Å². The second-order valence-electron chi connectivity index (χ2n) is 5.21. The Bertz CT molecular complexity index is 190. The van der Waals surface area contributed by atoms with Crippen LogP contribution < -0.4 is 5.32 Å². The van der Waals surface area contributed by atoms with Gasteiger partial charge in [0.25, 0.3) is 0 Å². The molecule has 3 heteroatoms. The zero-order valence-electron chi connectivity index (χ0n) is 10.6. The first kappa shape index (κ1) is 12.7. The van der Waals surface area contributed by atoms with E-state index in [9.17, 15) is 0 Å². The molecule has 1 N–H and O–H groups in total. The molecule has 0 bridgehead atoms. The zero-order chi connectivity index (χ0) is 11.2. The van der Waals surface area contributed by atoms with Crippen molar-refractivity contribution in [2.75, 3.05) is 38.2 Å². The molecule has 1 aliphatic heterocycles. The highest BCUT2D eigenvalue weighted by atomic mass is 32.2. The molecule has 2 fully saturated rings. The summed E-state index contributed by atoms with van der Waals surface area (Å²) in [4.78, 5) is 2.71. The topological polar surface area (TPSA) is 15.3 Å². The van der Waals surface area contributed by atoms with Crippen LogP contribution in [0.4, 0.5) is 0 Å². The Hall–Kier alpha value is 0.270. The average Bonchev–Trinajstić information content (AvgIpc) is 2.58. The SMILES string of the molecule is CNC1CCCCC1CN1CCCSCC1. The third-order valence-electron chi connectivity index (χ3n) is 4.09. The van der Waals surface area contributed by atoms with Gasteiger partial charge in [0, 0.05) is 24.9 Å². The summed E-state index contributed by atoms with van der Waals surface area (Å²) in [5.41, 5.74) is 0. The molecule has 2 aliphatic rings. The zero-order valence-corrected chi connectivity index (χ0v) is 11.4. The average molecular weight is 242 g/mol. The molecule has 0 aromatic carbocycles. The second-order valence-corrected chi connectivity index (χ2v) is 6.43. The molecule has 0 amide bonds. The summed E-state index contributed by atoms with van der Waals surface area (Å²) in [5.74, 6) is 3.62. The van der Waals surface area contributed by atoms with Gasteiger partial charge in [-0.25, -0.2) is 0 Å². The van der Waals surface area contributed by atoms with Crippen LogP contribution in [0, 0.1) is 5.92 Å². The third-order valence-corrected chi connectivity index (χ3v) is 5.14. The van der Waals surface area contributed by atoms with Crippen molar-refractivity contribution >= 4 is 11.8 Å². The largest absolute Gasteiger partial charge is 0.317 e. The first-order chi connectivity index (χ1) is 7.90. The third kappa shape index (κ3) is 3.64. The summed E-state index contributed by atoms with van der Waals surface area (Å²) < 4.78 is 0. The normalized spacial score (nSPS) is 33.6. The maximum Gasteiger partial charge on any atom is 0.0104 e. The second kappa shape index (κ2) is 6.87. The van der Waals surface area contributed by atoms with Gasteiger partial charge < -0.3 is 10.2 Å². The first-order valence-electron chi connectivity index (χ1n) is 6.87. The Balaban J connectivity index is 1.81. The molecule has 0 radical (unpaired) electrons. The highest BCUT2D eigenvalue weighted by Crippen LogP contribution is 2.25. The van der Waals surface area contributed by atoms with Crippen LogP contribution in [-0.2, 0) is 0 Å². The van der Waals surface area contributed by atoms with Crippen LogP contribution in [0.5, 0.6) is 0 Å². The molecule has 1 heterocycles. The Morgan fingerprint density at radius 3 is 2.88 bits per heavy atom. The van der Waals surface area contributed by atoms with Crippen LogP contribution in [0.15, 0.2) is 0 Å². The molecule has 1 aliphatic carbocycles.